The third kappa shape index (κ3) is 6.22. The number of rotatable bonds is 5. The van der Waals surface area contributed by atoms with Crippen molar-refractivity contribution in [1.82, 2.24) is 10.2 Å². The highest BCUT2D eigenvalue weighted by atomic mass is 127. The van der Waals surface area contributed by atoms with E-state index < -0.39 is 11.7 Å². The summed E-state index contributed by atoms with van der Waals surface area (Å²) in [4.78, 5) is 29.3. The van der Waals surface area contributed by atoms with Gasteiger partial charge in [-0.15, -0.1) is 0 Å². The number of hydrogen-bond donors (Lipinski definition) is 1. The van der Waals surface area contributed by atoms with Crippen LogP contribution in [-0.4, -0.2) is 55.5 Å². The van der Waals surface area contributed by atoms with Crippen molar-refractivity contribution in [1.29, 1.82) is 0 Å². The highest BCUT2D eigenvalue weighted by molar-refractivity contribution is 14.1. The monoisotopic (exact) mass is 653 g/mol. The number of nitrogens with one attached hydrogen (secondary N) is 1. The van der Waals surface area contributed by atoms with E-state index in [9.17, 15) is 9.59 Å². The van der Waals surface area contributed by atoms with Crippen molar-refractivity contribution in [2.24, 2.45) is 0 Å². The van der Waals surface area contributed by atoms with Gasteiger partial charge in [0.25, 0.3) is 0 Å². The second-order valence-corrected chi connectivity index (χ2v) is 12.5. The molecule has 1 N–H and O–H groups in total. The lowest BCUT2D eigenvalue weighted by atomic mass is 9.98. The number of piperazine rings is 1. The SMILES string of the molecule is Cc1c(I)cc(CNC(=O)OCC2c3ccccc3-c3ccccc32)cc1N1CCN(C(=O)OC(C)(C)C)CC1. The zero-order valence-corrected chi connectivity index (χ0v) is 25.7. The molecule has 5 rings (SSSR count). The fraction of sp³-hybridized carbons (Fsp3) is 0.375. The first-order valence-electron chi connectivity index (χ1n) is 13.7. The van der Waals surface area contributed by atoms with Crippen molar-refractivity contribution in [3.63, 3.8) is 0 Å². The fourth-order valence-corrected chi connectivity index (χ4v) is 6.11. The lowest BCUT2D eigenvalue weighted by Crippen LogP contribution is -2.50. The standard InChI is InChI=1S/C32H36IN3O4/c1-21-28(33)17-22(18-29(21)35-13-15-36(16-14-35)31(38)40-32(2,3)4)19-34-30(37)39-20-27-25-11-7-5-9-23(25)24-10-6-8-12-26(24)27/h5-12,17-18,27H,13-16,19-20H2,1-4H3,(H,34,37). The maximum Gasteiger partial charge on any atom is 0.410 e. The Kier molecular flexibility index (Phi) is 8.26. The molecule has 0 atom stereocenters. The smallest absolute Gasteiger partial charge is 0.410 e. The summed E-state index contributed by atoms with van der Waals surface area (Å²) >= 11 is 2.35. The first-order valence-corrected chi connectivity index (χ1v) is 14.8. The molecule has 0 saturated carbocycles. The Bertz CT molecular complexity index is 1360. The lowest BCUT2D eigenvalue weighted by molar-refractivity contribution is 0.0240. The average molecular weight is 654 g/mol. The fourth-order valence-electron chi connectivity index (χ4n) is 5.43. The molecule has 3 aromatic rings. The molecule has 0 unspecified atom stereocenters. The Hall–Kier alpha value is -3.27. The van der Waals surface area contributed by atoms with Gasteiger partial charge in [0.2, 0.25) is 0 Å². The van der Waals surface area contributed by atoms with Crippen LogP contribution in [0.2, 0.25) is 0 Å². The van der Waals surface area contributed by atoms with E-state index in [1.54, 1.807) is 4.90 Å². The van der Waals surface area contributed by atoms with E-state index in [1.165, 1.54) is 27.8 Å². The van der Waals surface area contributed by atoms with Gasteiger partial charge < -0.3 is 24.6 Å². The van der Waals surface area contributed by atoms with Crippen LogP contribution in [0.25, 0.3) is 11.1 Å². The third-order valence-corrected chi connectivity index (χ3v) is 8.55. The van der Waals surface area contributed by atoms with Crippen LogP contribution < -0.4 is 10.2 Å². The zero-order valence-electron chi connectivity index (χ0n) is 23.5. The second kappa shape index (κ2) is 11.7. The highest BCUT2D eigenvalue weighted by Crippen LogP contribution is 2.44. The molecule has 1 aliphatic carbocycles. The van der Waals surface area contributed by atoms with Crippen molar-refractivity contribution in [2.45, 2.75) is 45.8 Å². The normalized spacial score (nSPS) is 14.9. The molecule has 0 bridgehead atoms. The number of nitrogens with zero attached hydrogens (tertiary/aromatic N) is 2. The van der Waals surface area contributed by atoms with E-state index in [-0.39, 0.29) is 12.0 Å². The molecule has 1 heterocycles. The van der Waals surface area contributed by atoms with Gasteiger partial charge in [-0.3, -0.25) is 0 Å². The summed E-state index contributed by atoms with van der Waals surface area (Å²) in [7, 11) is 0. The van der Waals surface area contributed by atoms with Crippen LogP contribution in [0.5, 0.6) is 0 Å². The van der Waals surface area contributed by atoms with Crippen molar-refractivity contribution >= 4 is 40.5 Å². The molecule has 3 aromatic carbocycles. The molecule has 8 heteroatoms. The molecule has 2 aliphatic rings. The number of carbonyl (C=O) groups excluding carboxylic acids is 2. The van der Waals surface area contributed by atoms with Gasteiger partial charge in [-0.05, 0) is 95.8 Å². The van der Waals surface area contributed by atoms with Gasteiger partial charge in [0.05, 0.1) is 0 Å². The molecule has 0 aromatic heterocycles. The van der Waals surface area contributed by atoms with Crippen LogP contribution in [0.1, 0.15) is 48.9 Å². The Balaban J connectivity index is 1.18. The summed E-state index contributed by atoms with van der Waals surface area (Å²) in [5, 5.41) is 2.94. The number of ether oxygens (including phenoxy) is 2. The number of fused-ring (bicyclic) bond motifs is 3. The Morgan fingerprint density at radius 2 is 1.55 bits per heavy atom. The summed E-state index contributed by atoms with van der Waals surface area (Å²) < 4.78 is 12.4. The molecule has 1 aliphatic heterocycles. The number of hydrogen-bond acceptors (Lipinski definition) is 5. The zero-order chi connectivity index (χ0) is 28.4. The number of amides is 2. The Morgan fingerprint density at radius 1 is 0.950 bits per heavy atom. The van der Waals surface area contributed by atoms with E-state index in [2.05, 4.69) is 76.1 Å². The van der Waals surface area contributed by atoms with E-state index in [0.717, 1.165) is 27.9 Å². The summed E-state index contributed by atoms with van der Waals surface area (Å²) in [6.07, 6.45) is -0.690. The second-order valence-electron chi connectivity index (χ2n) is 11.4. The van der Waals surface area contributed by atoms with Gasteiger partial charge in [-0.25, -0.2) is 9.59 Å². The van der Waals surface area contributed by atoms with Crippen LogP contribution in [0.3, 0.4) is 0 Å². The molecular formula is C32H36IN3O4. The minimum absolute atomic E-state index is 0.0319. The van der Waals surface area contributed by atoms with Gasteiger partial charge in [0, 0.05) is 47.9 Å². The van der Waals surface area contributed by atoms with Crippen molar-refractivity contribution in [3.05, 3.63) is 86.5 Å². The molecular weight excluding hydrogens is 617 g/mol. The average Bonchev–Trinajstić information content (AvgIpc) is 3.25. The third-order valence-electron chi connectivity index (χ3n) is 7.43. The maximum absolute atomic E-state index is 12.7. The van der Waals surface area contributed by atoms with Gasteiger partial charge in [0.1, 0.15) is 12.2 Å². The van der Waals surface area contributed by atoms with Crippen molar-refractivity contribution < 1.29 is 19.1 Å². The maximum atomic E-state index is 12.7. The molecule has 1 saturated heterocycles. The van der Waals surface area contributed by atoms with Crippen LogP contribution in [-0.2, 0) is 16.0 Å². The minimum atomic E-state index is -0.504. The van der Waals surface area contributed by atoms with Crippen LogP contribution in [0.4, 0.5) is 15.3 Å². The van der Waals surface area contributed by atoms with Gasteiger partial charge in [-0.2, -0.15) is 0 Å². The van der Waals surface area contributed by atoms with Crippen molar-refractivity contribution in [2.75, 3.05) is 37.7 Å². The predicted octanol–water partition coefficient (Wildman–Crippen LogP) is 6.70. The number of halogens is 1. The predicted molar refractivity (Wildman–Crippen MR) is 166 cm³/mol. The largest absolute Gasteiger partial charge is 0.449 e. The number of anilines is 1. The van der Waals surface area contributed by atoms with Crippen LogP contribution in [0.15, 0.2) is 60.7 Å². The van der Waals surface area contributed by atoms with Crippen LogP contribution >= 0.6 is 22.6 Å². The first-order chi connectivity index (χ1) is 19.1. The van der Waals surface area contributed by atoms with Gasteiger partial charge in [-0.1, -0.05) is 48.5 Å². The molecule has 0 spiro atoms. The molecule has 210 valence electrons. The Morgan fingerprint density at radius 3 is 2.15 bits per heavy atom. The van der Waals surface area contributed by atoms with Gasteiger partial charge >= 0.3 is 12.2 Å². The van der Waals surface area contributed by atoms with Crippen LogP contribution in [0, 0.1) is 10.5 Å². The number of alkyl carbamates (subject to hydrolysis) is 1. The molecule has 2 amide bonds. The molecule has 0 radical (unpaired) electrons. The number of carbonyl (C=O) groups is 2. The Labute approximate surface area is 250 Å². The molecule has 7 nitrogen and oxygen atoms in total. The summed E-state index contributed by atoms with van der Waals surface area (Å²) in [6.45, 7) is 11.1. The first kappa shape index (κ1) is 28.3. The van der Waals surface area contributed by atoms with Crippen molar-refractivity contribution in [3.8, 4) is 11.1 Å². The summed E-state index contributed by atoms with van der Waals surface area (Å²) in [5.41, 5.74) is 7.63. The topological polar surface area (TPSA) is 71.1 Å². The summed E-state index contributed by atoms with van der Waals surface area (Å²) in [6, 6.07) is 20.9. The highest BCUT2D eigenvalue weighted by Gasteiger charge is 2.29. The van der Waals surface area contributed by atoms with E-state index in [1.807, 2.05) is 45.0 Å². The number of benzene rings is 3. The quantitative estimate of drug-likeness (QED) is 0.311. The van der Waals surface area contributed by atoms with E-state index in [0.29, 0.717) is 26.2 Å². The molecule has 1 fully saturated rings. The minimum Gasteiger partial charge on any atom is -0.449 e. The van der Waals surface area contributed by atoms with E-state index in [4.69, 9.17) is 9.47 Å². The summed E-state index contributed by atoms with van der Waals surface area (Å²) in [5.74, 6) is 0.0319. The van der Waals surface area contributed by atoms with Gasteiger partial charge in [0.15, 0.2) is 0 Å². The van der Waals surface area contributed by atoms with E-state index >= 15 is 0 Å². The molecule has 40 heavy (non-hydrogen) atoms. The lowest BCUT2D eigenvalue weighted by Gasteiger charge is -2.37.